The second-order valence-electron chi connectivity index (χ2n) is 5.69. The molecule has 2 N–H and O–H groups in total. The average molecular weight is 243 g/mol. The molecule has 0 spiro atoms. The first-order valence-corrected chi connectivity index (χ1v) is 6.83. The number of hydrogen-bond donors (Lipinski definition) is 2. The minimum absolute atomic E-state index is 0.260. The Labute approximate surface area is 106 Å². The first kappa shape index (κ1) is 14.9. The first-order valence-electron chi connectivity index (χ1n) is 6.83. The summed E-state index contributed by atoms with van der Waals surface area (Å²) in [5, 5.41) is 13.1. The first-order chi connectivity index (χ1) is 8.08. The van der Waals surface area contributed by atoms with Crippen LogP contribution in [-0.2, 0) is 0 Å². The molecule has 0 amide bonds. The summed E-state index contributed by atoms with van der Waals surface area (Å²) in [5.41, 5.74) is 0. The third-order valence-electron chi connectivity index (χ3n) is 3.22. The Morgan fingerprint density at radius 1 is 1.24 bits per heavy atom. The zero-order valence-electron chi connectivity index (χ0n) is 11.7. The molecule has 0 aromatic carbocycles. The maximum atomic E-state index is 9.70. The summed E-state index contributed by atoms with van der Waals surface area (Å²) in [6.07, 6.45) is 2.47. The van der Waals surface area contributed by atoms with E-state index in [0.717, 1.165) is 13.1 Å². The molecule has 0 aliphatic carbocycles. The van der Waals surface area contributed by atoms with Gasteiger partial charge >= 0.3 is 0 Å². The molecule has 1 aliphatic heterocycles. The van der Waals surface area contributed by atoms with Gasteiger partial charge in [-0.05, 0) is 52.5 Å². The van der Waals surface area contributed by atoms with Gasteiger partial charge in [-0.2, -0.15) is 0 Å². The van der Waals surface area contributed by atoms with E-state index < -0.39 is 0 Å². The van der Waals surface area contributed by atoms with Crippen LogP contribution in [0.1, 0.15) is 19.8 Å². The van der Waals surface area contributed by atoms with E-state index in [1.54, 1.807) is 0 Å². The van der Waals surface area contributed by atoms with Gasteiger partial charge in [-0.1, -0.05) is 6.92 Å². The molecule has 1 saturated heterocycles. The Morgan fingerprint density at radius 3 is 2.47 bits per heavy atom. The molecule has 0 bridgehead atoms. The number of nitrogens with one attached hydrogen (secondary N) is 1. The van der Waals surface area contributed by atoms with E-state index in [2.05, 4.69) is 17.1 Å². The van der Waals surface area contributed by atoms with Gasteiger partial charge in [0.15, 0.2) is 0 Å². The number of likely N-dealkylation sites (N-methyl/N-ethyl adjacent to an activating group) is 1. The number of aliphatic hydroxyl groups is 1. The van der Waals surface area contributed by atoms with Crippen LogP contribution in [0.25, 0.3) is 0 Å². The van der Waals surface area contributed by atoms with Gasteiger partial charge in [0.25, 0.3) is 0 Å². The molecule has 0 aromatic rings. The van der Waals surface area contributed by atoms with E-state index in [1.807, 2.05) is 19.0 Å². The molecule has 1 aliphatic rings. The lowest BCUT2D eigenvalue weighted by Gasteiger charge is -2.22. The average Bonchev–Trinajstić information content (AvgIpc) is 2.69. The van der Waals surface area contributed by atoms with E-state index in [-0.39, 0.29) is 6.10 Å². The molecule has 1 heterocycles. The topological polar surface area (TPSA) is 38.7 Å². The molecule has 17 heavy (non-hydrogen) atoms. The third-order valence-corrected chi connectivity index (χ3v) is 3.22. The highest BCUT2D eigenvalue weighted by molar-refractivity contribution is 4.71. The van der Waals surface area contributed by atoms with Gasteiger partial charge < -0.3 is 20.2 Å². The summed E-state index contributed by atoms with van der Waals surface area (Å²) in [6, 6.07) is 0. The van der Waals surface area contributed by atoms with E-state index >= 15 is 0 Å². The van der Waals surface area contributed by atoms with Gasteiger partial charge in [0.1, 0.15) is 0 Å². The van der Waals surface area contributed by atoms with Crippen LogP contribution in [0, 0.1) is 5.92 Å². The smallest absolute Gasteiger partial charge is 0.0791 e. The van der Waals surface area contributed by atoms with Crippen LogP contribution >= 0.6 is 0 Å². The number of likely N-dealkylation sites (tertiary alicyclic amines) is 1. The fraction of sp³-hybridized carbons (Fsp3) is 1.00. The summed E-state index contributed by atoms with van der Waals surface area (Å²) in [7, 11) is 3.97. The predicted molar refractivity (Wildman–Crippen MR) is 72.3 cm³/mol. The quantitative estimate of drug-likeness (QED) is 0.640. The number of nitrogens with zero attached hydrogens (tertiary/aromatic N) is 2. The number of aliphatic hydroxyl groups excluding tert-OH is 1. The molecule has 0 aromatic heterocycles. The second-order valence-corrected chi connectivity index (χ2v) is 5.69. The van der Waals surface area contributed by atoms with Crippen molar-refractivity contribution in [2.24, 2.45) is 5.92 Å². The Balaban J connectivity index is 2.01. The van der Waals surface area contributed by atoms with Crippen LogP contribution in [0.3, 0.4) is 0 Å². The molecule has 2 atom stereocenters. The van der Waals surface area contributed by atoms with E-state index in [0.29, 0.717) is 12.5 Å². The van der Waals surface area contributed by atoms with Crippen LogP contribution in [0.5, 0.6) is 0 Å². The number of rotatable bonds is 8. The maximum Gasteiger partial charge on any atom is 0.0791 e. The summed E-state index contributed by atoms with van der Waals surface area (Å²) >= 11 is 0. The predicted octanol–water partition coefficient (Wildman–Crippen LogP) is 0.230. The molecule has 4 nitrogen and oxygen atoms in total. The van der Waals surface area contributed by atoms with Crippen molar-refractivity contribution in [1.82, 2.24) is 15.1 Å². The Kier molecular flexibility index (Phi) is 7.04. The Hall–Kier alpha value is -0.160. The van der Waals surface area contributed by atoms with Crippen LogP contribution in [0.4, 0.5) is 0 Å². The van der Waals surface area contributed by atoms with Crippen molar-refractivity contribution in [3.63, 3.8) is 0 Å². The minimum atomic E-state index is -0.260. The summed E-state index contributed by atoms with van der Waals surface area (Å²) < 4.78 is 0. The highest BCUT2D eigenvalue weighted by atomic mass is 16.3. The molecule has 1 rings (SSSR count). The Morgan fingerprint density at radius 2 is 1.88 bits per heavy atom. The van der Waals surface area contributed by atoms with Gasteiger partial charge in [0.2, 0.25) is 0 Å². The monoisotopic (exact) mass is 243 g/mol. The standard InChI is InChI=1S/C13H29N3O/c1-12(10-16-6-4-5-7-16)8-14-9-13(17)11-15(2)3/h12-14,17H,4-11H2,1-3H3. The highest BCUT2D eigenvalue weighted by Crippen LogP contribution is 2.09. The maximum absolute atomic E-state index is 9.70. The highest BCUT2D eigenvalue weighted by Gasteiger charge is 2.14. The van der Waals surface area contributed by atoms with Gasteiger partial charge in [-0.3, -0.25) is 0 Å². The molecular weight excluding hydrogens is 214 g/mol. The van der Waals surface area contributed by atoms with Crippen molar-refractivity contribution in [2.75, 3.05) is 53.4 Å². The molecule has 102 valence electrons. The minimum Gasteiger partial charge on any atom is -0.390 e. The van der Waals surface area contributed by atoms with Crippen LogP contribution < -0.4 is 5.32 Å². The van der Waals surface area contributed by atoms with Gasteiger partial charge in [0.05, 0.1) is 6.10 Å². The Bertz CT molecular complexity index is 193. The van der Waals surface area contributed by atoms with Crippen molar-refractivity contribution < 1.29 is 5.11 Å². The summed E-state index contributed by atoms with van der Waals surface area (Å²) in [6.45, 7) is 8.44. The fourth-order valence-corrected chi connectivity index (χ4v) is 2.45. The van der Waals surface area contributed by atoms with Crippen molar-refractivity contribution in [3.8, 4) is 0 Å². The third kappa shape index (κ3) is 6.99. The van der Waals surface area contributed by atoms with Gasteiger partial charge in [-0.25, -0.2) is 0 Å². The normalized spacial score (nSPS) is 21.0. The molecule has 0 radical (unpaired) electrons. The van der Waals surface area contributed by atoms with E-state index in [1.165, 1.54) is 32.5 Å². The lowest BCUT2D eigenvalue weighted by Crippen LogP contribution is -2.38. The molecule has 1 fully saturated rings. The van der Waals surface area contributed by atoms with Crippen LogP contribution in [0.15, 0.2) is 0 Å². The van der Waals surface area contributed by atoms with Gasteiger partial charge in [-0.15, -0.1) is 0 Å². The molecule has 2 unspecified atom stereocenters. The lowest BCUT2D eigenvalue weighted by atomic mass is 10.1. The molecular formula is C13H29N3O. The molecule has 0 saturated carbocycles. The molecule has 4 heteroatoms. The number of hydrogen-bond acceptors (Lipinski definition) is 4. The second kappa shape index (κ2) is 8.03. The zero-order chi connectivity index (χ0) is 12.7. The fourth-order valence-electron chi connectivity index (χ4n) is 2.45. The van der Waals surface area contributed by atoms with Crippen molar-refractivity contribution in [3.05, 3.63) is 0 Å². The SMILES string of the molecule is CC(CNCC(O)CN(C)C)CN1CCCC1. The largest absolute Gasteiger partial charge is 0.390 e. The van der Waals surface area contributed by atoms with Gasteiger partial charge in [0, 0.05) is 19.6 Å². The van der Waals surface area contributed by atoms with E-state index in [9.17, 15) is 5.11 Å². The zero-order valence-corrected chi connectivity index (χ0v) is 11.7. The summed E-state index contributed by atoms with van der Waals surface area (Å²) in [5.74, 6) is 0.666. The van der Waals surface area contributed by atoms with Crippen LogP contribution in [0.2, 0.25) is 0 Å². The summed E-state index contributed by atoms with van der Waals surface area (Å²) in [4.78, 5) is 4.56. The van der Waals surface area contributed by atoms with E-state index in [4.69, 9.17) is 0 Å². The van der Waals surface area contributed by atoms with Crippen molar-refractivity contribution in [2.45, 2.75) is 25.9 Å². The van der Waals surface area contributed by atoms with Crippen molar-refractivity contribution in [1.29, 1.82) is 0 Å². The van der Waals surface area contributed by atoms with Crippen LogP contribution in [-0.4, -0.2) is 74.4 Å². The van der Waals surface area contributed by atoms with Crippen molar-refractivity contribution >= 4 is 0 Å². The lowest BCUT2D eigenvalue weighted by molar-refractivity contribution is 0.133.